The third kappa shape index (κ3) is 8.13. The molecule has 13 heteroatoms. The van der Waals surface area contributed by atoms with Gasteiger partial charge in [-0.25, -0.2) is 4.79 Å². The van der Waals surface area contributed by atoms with Crippen molar-refractivity contribution in [1.82, 2.24) is 15.5 Å². The Morgan fingerprint density at radius 2 is 1.66 bits per heavy atom. The number of nitrogens with one attached hydrogen (secondary N) is 2. The van der Waals surface area contributed by atoms with Gasteiger partial charge in [-0.3, -0.25) is 24.0 Å². The van der Waals surface area contributed by atoms with Crippen molar-refractivity contribution in [1.29, 1.82) is 0 Å². The van der Waals surface area contributed by atoms with Crippen LogP contribution in [-0.2, 0) is 28.8 Å². The third-order valence-electron chi connectivity index (χ3n) is 4.91. The molecule has 13 nitrogen and oxygen atoms in total. The van der Waals surface area contributed by atoms with Crippen LogP contribution in [0.2, 0.25) is 0 Å². The predicted molar refractivity (Wildman–Crippen MR) is 110 cm³/mol. The van der Waals surface area contributed by atoms with Crippen LogP contribution < -0.4 is 22.1 Å². The Bertz CT molecular complexity index is 756. The Kier molecular flexibility index (Phi) is 10.0. The van der Waals surface area contributed by atoms with Gasteiger partial charge in [0.25, 0.3) is 0 Å². The number of hydrogen-bond donors (Lipinski definition) is 6. The first-order valence-corrected chi connectivity index (χ1v) is 10.2. The van der Waals surface area contributed by atoms with E-state index in [0.29, 0.717) is 12.8 Å². The van der Waals surface area contributed by atoms with E-state index in [2.05, 4.69) is 10.6 Å². The molecule has 1 heterocycles. The second kappa shape index (κ2) is 12.0. The van der Waals surface area contributed by atoms with Crippen molar-refractivity contribution in [3.8, 4) is 0 Å². The number of carboxylic acid groups (broad SMARTS) is 2. The second-order valence-electron chi connectivity index (χ2n) is 8.15. The summed E-state index contributed by atoms with van der Waals surface area (Å²) >= 11 is 0. The largest absolute Gasteiger partial charge is 0.481 e. The molecular formula is C19H31N5O8. The minimum atomic E-state index is -1.55. The molecule has 0 aromatic rings. The summed E-state index contributed by atoms with van der Waals surface area (Å²) in [5, 5.41) is 22.8. The molecule has 1 aliphatic rings. The van der Waals surface area contributed by atoms with Gasteiger partial charge in [-0.15, -0.1) is 0 Å². The molecule has 1 aliphatic heterocycles. The molecule has 4 unspecified atom stereocenters. The van der Waals surface area contributed by atoms with Crippen molar-refractivity contribution >= 4 is 35.6 Å². The van der Waals surface area contributed by atoms with E-state index in [0.717, 1.165) is 0 Å². The van der Waals surface area contributed by atoms with Crippen molar-refractivity contribution in [3.63, 3.8) is 0 Å². The summed E-state index contributed by atoms with van der Waals surface area (Å²) in [6, 6.07) is -4.92. The highest BCUT2D eigenvalue weighted by atomic mass is 16.4. The highest BCUT2D eigenvalue weighted by molar-refractivity contribution is 5.95. The number of carboxylic acids is 2. The average Bonchev–Trinajstić information content (AvgIpc) is 3.14. The van der Waals surface area contributed by atoms with Crippen molar-refractivity contribution in [2.75, 3.05) is 6.54 Å². The Labute approximate surface area is 184 Å². The summed E-state index contributed by atoms with van der Waals surface area (Å²) in [6.07, 6.45) is -0.245. The van der Waals surface area contributed by atoms with Gasteiger partial charge in [0, 0.05) is 6.54 Å². The number of amides is 4. The van der Waals surface area contributed by atoms with Crippen LogP contribution in [0.4, 0.5) is 0 Å². The van der Waals surface area contributed by atoms with Gasteiger partial charge in [-0.2, -0.15) is 0 Å². The van der Waals surface area contributed by atoms with Gasteiger partial charge in [0.2, 0.25) is 23.6 Å². The minimum absolute atomic E-state index is 0.0595. The summed E-state index contributed by atoms with van der Waals surface area (Å²) < 4.78 is 0. The summed E-state index contributed by atoms with van der Waals surface area (Å²) in [5.41, 5.74) is 10.7. The maximum absolute atomic E-state index is 12.9. The molecule has 1 rings (SSSR count). The zero-order chi connectivity index (χ0) is 24.6. The number of carbonyl (C=O) groups excluding carboxylic acids is 4. The second-order valence-corrected chi connectivity index (χ2v) is 8.15. The Hall–Kier alpha value is -3.22. The highest BCUT2D eigenvalue weighted by Crippen LogP contribution is 2.19. The number of hydrogen-bond acceptors (Lipinski definition) is 7. The average molecular weight is 457 g/mol. The molecule has 0 aliphatic carbocycles. The standard InChI is InChI=1S/C19H31N5O8/c1-9(2)6-11(16(28)23-12(19(31)32)8-14(21)25)22-17(29)13-4-3-5-24(13)18(30)10(20)7-15(26)27/h9-13H,3-8,20H2,1-2H3,(H2,21,25)(H,22,29)(H,23,28)(H,26,27)(H,31,32). The highest BCUT2D eigenvalue weighted by Gasteiger charge is 2.38. The van der Waals surface area contributed by atoms with Gasteiger partial charge in [-0.1, -0.05) is 13.8 Å². The van der Waals surface area contributed by atoms with Gasteiger partial charge < -0.3 is 37.2 Å². The summed E-state index contributed by atoms with van der Waals surface area (Å²) in [5.74, 6) is -5.80. The molecule has 0 saturated carbocycles. The van der Waals surface area contributed by atoms with Crippen molar-refractivity contribution < 1.29 is 39.0 Å². The fraction of sp³-hybridized carbons (Fsp3) is 0.684. The van der Waals surface area contributed by atoms with Gasteiger partial charge >= 0.3 is 11.9 Å². The maximum Gasteiger partial charge on any atom is 0.326 e. The summed E-state index contributed by atoms with van der Waals surface area (Å²) in [4.78, 5) is 72.4. The van der Waals surface area contributed by atoms with Gasteiger partial charge in [-0.05, 0) is 25.2 Å². The van der Waals surface area contributed by atoms with E-state index >= 15 is 0 Å². The zero-order valence-electron chi connectivity index (χ0n) is 18.1. The first-order chi connectivity index (χ1) is 14.8. The lowest BCUT2D eigenvalue weighted by Crippen LogP contribution is -2.57. The van der Waals surface area contributed by atoms with Crippen LogP contribution in [0.25, 0.3) is 0 Å². The molecule has 8 N–H and O–H groups in total. The van der Waals surface area contributed by atoms with Crippen molar-refractivity contribution in [2.45, 2.75) is 70.1 Å². The topological polar surface area (TPSA) is 222 Å². The Balaban J connectivity index is 2.93. The maximum atomic E-state index is 12.9. The molecule has 180 valence electrons. The van der Waals surface area contributed by atoms with E-state index in [4.69, 9.17) is 16.6 Å². The van der Waals surface area contributed by atoms with Crippen LogP contribution in [0.5, 0.6) is 0 Å². The monoisotopic (exact) mass is 457 g/mol. The van der Waals surface area contributed by atoms with E-state index in [-0.39, 0.29) is 18.9 Å². The van der Waals surface area contributed by atoms with E-state index in [1.807, 2.05) is 0 Å². The quantitative estimate of drug-likeness (QED) is 0.186. The number of aliphatic carboxylic acids is 2. The number of nitrogens with zero attached hydrogens (tertiary/aromatic N) is 1. The smallest absolute Gasteiger partial charge is 0.326 e. The first kappa shape index (κ1) is 26.8. The van der Waals surface area contributed by atoms with Crippen LogP contribution in [0.1, 0.15) is 46.0 Å². The molecule has 0 aromatic carbocycles. The molecule has 0 spiro atoms. The van der Waals surface area contributed by atoms with Gasteiger partial charge in [0.1, 0.15) is 18.1 Å². The first-order valence-electron chi connectivity index (χ1n) is 10.2. The number of carbonyl (C=O) groups is 6. The zero-order valence-corrected chi connectivity index (χ0v) is 18.1. The van der Waals surface area contributed by atoms with E-state index < -0.39 is 72.6 Å². The van der Waals surface area contributed by atoms with Crippen molar-refractivity contribution in [2.24, 2.45) is 17.4 Å². The fourth-order valence-electron chi connectivity index (χ4n) is 3.44. The lowest BCUT2D eigenvalue weighted by atomic mass is 10.0. The summed E-state index contributed by atoms with van der Waals surface area (Å²) in [7, 11) is 0. The lowest BCUT2D eigenvalue weighted by molar-refractivity contribution is -0.145. The molecule has 4 amide bonds. The predicted octanol–water partition coefficient (Wildman–Crippen LogP) is -2.24. The molecule has 0 bridgehead atoms. The Morgan fingerprint density at radius 3 is 2.16 bits per heavy atom. The van der Waals surface area contributed by atoms with Crippen molar-refractivity contribution in [3.05, 3.63) is 0 Å². The lowest BCUT2D eigenvalue weighted by Gasteiger charge is -2.28. The molecule has 1 fully saturated rings. The van der Waals surface area contributed by atoms with Crippen LogP contribution in [0.15, 0.2) is 0 Å². The van der Waals surface area contributed by atoms with Crippen LogP contribution in [0.3, 0.4) is 0 Å². The van der Waals surface area contributed by atoms with Crippen LogP contribution in [-0.4, -0.2) is 81.4 Å². The van der Waals surface area contributed by atoms with Gasteiger partial charge in [0.15, 0.2) is 0 Å². The summed E-state index contributed by atoms with van der Waals surface area (Å²) in [6.45, 7) is 3.80. The normalized spacial score (nSPS) is 18.5. The molecule has 0 radical (unpaired) electrons. The molecule has 32 heavy (non-hydrogen) atoms. The van der Waals surface area contributed by atoms with E-state index in [9.17, 15) is 33.9 Å². The minimum Gasteiger partial charge on any atom is -0.481 e. The molecule has 4 atom stereocenters. The fourth-order valence-corrected chi connectivity index (χ4v) is 3.44. The Morgan fingerprint density at radius 1 is 1.03 bits per heavy atom. The number of primary amides is 1. The van der Waals surface area contributed by atoms with Gasteiger partial charge in [0.05, 0.1) is 18.9 Å². The van der Waals surface area contributed by atoms with Crippen LogP contribution in [0, 0.1) is 5.92 Å². The van der Waals surface area contributed by atoms with Crippen LogP contribution >= 0.6 is 0 Å². The molecule has 1 saturated heterocycles. The molecular weight excluding hydrogens is 426 g/mol. The molecule has 0 aromatic heterocycles. The number of nitrogens with two attached hydrogens (primary N) is 2. The van der Waals surface area contributed by atoms with E-state index in [1.54, 1.807) is 13.8 Å². The van der Waals surface area contributed by atoms with E-state index in [1.165, 1.54) is 4.90 Å². The SMILES string of the molecule is CC(C)CC(NC(=O)C1CCCN1C(=O)C(N)CC(=O)O)C(=O)NC(CC(N)=O)C(=O)O. The number of rotatable bonds is 12. The third-order valence-corrected chi connectivity index (χ3v) is 4.91. The number of likely N-dealkylation sites (tertiary alicyclic amines) is 1.